The number of hydrogen-bond donors (Lipinski definition) is 1. The van der Waals surface area contributed by atoms with Gasteiger partial charge >= 0.3 is 5.97 Å². The Kier molecular flexibility index (Phi) is 8.30. The number of benzene rings is 3. The SMILES string of the molecule is CC(=NOCc1ccc(F)cc1)C(Cc1ccc(OCc2cnn(-c3ccc(C)cc3)c2)cc1)C(=O)O. The summed E-state index contributed by atoms with van der Waals surface area (Å²) in [5.41, 5.74) is 5.02. The lowest BCUT2D eigenvalue weighted by atomic mass is 9.95. The number of aromatic nitrogens is 2. The minimum absolute atomic E-state index is 0.125. The largest absolute Gasteiger partial charge is 0.489 e. The third-order valence-electron chi connectivity index (χ3n) is 5.86. The van der Waals surface area contributed by atoms with Crippen LogP contribution in [0.25, 0.3) is 5.69 Å². The van der Waals surface area contributed by atoms with Gasteiger partial charge in [-0.2, -0.15) is 5.10 Å². The van der Waals surface area contributed by atoms with Crippen LogP contribution in [0.5, 0.6) is 5.75 Å². The molecule has 1 aromatic heterocycles. The monoisotopic (exact) mass is 501 g/mol. The molecular formula is C29H28FN3O4. The van der Waals surface area contributed by atoms with Crippen molar-refractivity contribution >= 4 is 11.7 Å². The molecule has 0 aliphatic rings. The molecule has 0 fully saturated rings. The Balaban J connectivity index is 1.30. The summed E-state index contributed by atoms with van der Waals surface area (Å²) in [5, 5.41) is 18.1. The smallest absolute Gasteiger partial charge is 0.312 e. The Bertz CT molecular complexity index is 1350. The van der Waals surface area contributed by atoms with Gasteiger partial charge in [-0.15, -0.1) is 0 Å². The van der Waals surface area contributed by atoms with Gasteiger partial charge in [-0.3, -0.25) is 4.79 Å². The van der Waals surface area contributed by atoms with Crippen LogP contribution in [0.2, 0.25) is 0 Å². The van der Waals surface area contributed by atoms with E-state index in [0.29, 0.717) is 18.1 Å². The lowest BCUT2D eigenvalue weighted by molar-refractivity contribution is -0.139. The molecule has 0 aliphatic carbocycles. The molecule has 4 aromatic rings. The summed E-state index contributed by atoms with van der Waals surface area (Å²) >= 11 is 0. The fraction of sp³-hybridized carbons (Fsp3) is 0.207. The Morgan fingerprint density at radius 1 is 0.973 bits per heavy atom. The molecule has 0 saturated carbocycles. The van der Waals surface area contributed by atoms with Crippen LogP contribution in [0, 0.1) is 18.7 Å². The summed E-state index contributed by atoms with van der Waals surface area (Å²) in [6.07, 6.45) is 3.96. The number of rotatable bonds is 11. The van der Waals surface area contributed by atoms with Crippen molar-refractivity contribution in [3.8, 4) is 11.4 Å². The van der Waals surface area contributed by atoms with Gasteiger partial charge in [0.1, 0.15) is 30.7 Å². The van der Waals surface area contributed by atoms with Crippen molar-refractivity contribution in [1.82, 2.24) is 9.78 Å². The van der Waals surface area contributed by atoms with Crippen LogP contribution < -0.4 is 4.74 Å². The van der Waals surface area contributed by atoms with Crippen LogP contribution >= 0.6 is 0 Å². The Morgan fingerprint density at radius 3 is 2.32 bits per heavy atom. The first-order valence-corrected chi connectivity index (χ1v) is 11.8. The molecule has 1 unspecified atom stereocenters. The second-order valence-corrected chi connectivity index (χ2v) is 8.79. The third-order valence-corrected chi connectivity index (χ3v) is 5.86. The first kappa shape index (κ1) is 25.6. The first-order valence-electron chi connectivity index (χ1n) is 11.8. The maximum absolute atomic E-state index is 13.0. The Hall–Kier alpha value is -4.46. The number of carboxylic acids is 1. The number of halogens is 1. The van der Waals surface area contributed by atoms with E-state index in [1.54, 1.807) is 29.9 Å². The number of carboxylic acid groups (broad SMARTS) is 1. The first-order chi connectivity index (χ1) is 17.9. The summed E-state index contributed by atoms with van der Waals surface area (Å²) < 4.78 is 20.7. The molecule has 0 spiro atoms. The molecule has 7 nitrogen and oxygen atoms in total. The summed E-state index contributed by atoms with van der Waals surface area (Å²) in [7, 11) is 0. The molecule has 0 aliphatic heterocycles. The molecule has 1 atom stereocenters. The maximum atomic E-state index is 13.0. The predicted octanol–water partition coefficient (Wildman–Crippen LogP) is 5.73. The van der Waals surface area contributed by atoms with Crippen LogP contribution in [0.3, 0.4) is 0 Å². The average Bonchev–Trinajstić information content (AvgIpc) is 3.37. The fourth-order valence-electron chi connectivity index (χ4n) is 3.66. The number of nitrogens with zero attached hydrogens (tertiary/aromatic N) is 3. The summed E-state index contributed by atoms with van der Waals surface area (Å²) in [5.74, 6) is -1.49. The van der Waals surface area contributed by atoms with Gasteiger partial charge < -0.3 is 14.7 Å². The van der Waals surface area contributed by atoms with Crippen molar-refractivity contribution < 1.29 is 23.9 Å². The summed E-state index contributed by atoms with van der Waals surface area (Å²) in [6.45, 7) is 4.15. The molecule has 4 rings (SSSR count). The van der Waals surface area contributed by atoms with Crippen LogP contribution in [-0.4, -0.2) is 26.6 Å². The van der Waals surface area contributed by atoms with Gasteiger partial charge in [-0.25, -0.2) is 9.07 Å². The van der Waals surface area contributed by atoms with Gasteiger partial charge in [-0.1, -0.05) is 47.1 Å². The minimum Gasteiger partial charge on any atom is -0.489 e. The molecule has 1 N–H and O–H groups in total. The van der Waals surface area contributed by atoms with Crippen LogP contribution in [0.4, 0.5) is 4.39 Å². The molecule has 3 aromatic carbocycles. The highest BCUT2D eigenvalue weighted by Gasteiger charge is 2.22. The lowest BCUT2D eigenvalue weighted by Gasteiger charge is -2.13. The van der Waals surface area contributed by atoms with Crippen molar-refractivity contribution in [1.29, 1.82) is 0 Å². The number of oxime groups is 1. The van der Waals surface area contributed by atoms with Gasteiger partial charge in [0, 0.05) is 11.8 Å². The Morgan fingerprint density at radius 2 is 1.65 bits per heavy atom. The number of aryl methyl sites for hydroxylation is 1. The van der Waals surface area contributed by atoms with Crippen molar-refractivity contribution in [2.75, 3.05) is 0 Å². The summed E-state index contributed by atoms with van der Waals surface area (Å²) in [6, 6.07) is 21.3. The highest BCUT2D eigenvalue weighted by Crippen LogP contribution is 2.19. The maximum Gasteiger partial charge on any atom is 0.312 e. The molecule has 37 heavy (non-hydrogen) atoms. The molecule has 1 heterocycles. The topological polar surface area (TPSA) is 85.9 Å². The number of hydrogen-bond acceptors (Lipinski definition) is 5. The van der Waals surface area contributed by atoms with Crippen molar-refractivity contribution in [3.05, 3.63) is 113 Å². The van der Waals surface area contributed by atoms with E-state index in [2.05, 4.69) is 10.3 Å². The van der Waals surface area contributed by atoms with Gasteiger partial charge in [0.15, 0.2) is 0 Å². The second kappa shape index (κ2) is 12.0. The van der Waals surface area contributed by atoms with Gasteiger partial charge in [0.05, 0.1) is 17.6 Å². The standard InChI is InChI=1S/C29H28FN3O4/c1-20-3-11-26(12-4-20)33-17-24(16-31-33)18-36-27-13-7-22(8-14-27)15-28(29(34)35)21(2)32-37-19-23-5-9-25(30)10-6-23/h3-14,16-17,28H,15,18-19H2,1-2H3,(H,34,35). The molecule has 0 amide bonds. The van der Waals surface area contributed by atoms with Gasteiger partial charge in [-0.05, 0) is 67.8 Å². The zero-order valence-electron chi connectivity index (χ0n) is 20.7. The van der Waals surface area contributed by atoms with E-state index in [0.717, 1.165) is 22.4 Å². The zero-order chi connectivity index (χ0) is 26.2. The van der Waals surface area contributed by atoms with Gasteiger partial charge in [0.25, 0.3) is 0 Å². The van der Waals surface area contributed by atoms with Gasteiger partial charge in [0.2, 0.25) is 0 Å². The van der Waals surface area contributed by atoms with Crippen molar-refractivity contribution in [2.24, 2.45) is 11.1 Å². The average molecular weight is 502 g/mol. The summed E-state index contributed by atoms with van der Waals surface area (Å²) in [4.78, 5) is 17.1. The molecule has 0 saturated heterocycles. The van der Waals surface area contributed by atoms with Crippen LogP contribution in [0.1, 0.15) is 29.2 Å². The minimum atomic E-state index is -0.988. The van der Waals surface area contributed by atoms with E-state index in [4.69, 9.17) is 9.57 Å². The quantitative estimate of drug-likeness (QED) is 0.209. The Labute approximate surface area is 214 Å². The zero-order valence-corrected chi connectivity index (χ0v) is 20.7. The number of ether oxygens (including phenoxy) is 1. The molecule has 190 valence electrons. The third kappa shape index (κ3) is 7.27. The van der Waals surface area contributed by atoms with Crippen molar-refractivity contribution in [3.63, 3.8) is 0 Å². The molecule has 0 bridgehead atoms. The van der Waals surface area contributed by atoms with Crippen LogP contribution in [-0.2, 0) is 29.3 Å². The van der Waals surface area contributed by atoms with E-state index in [1.165, 1.54) is 17.7 Å². The number of aliphatic carboxylic acids is 1. The van der Waals surface area contributed by atoms with Crippen LogP contribution in [0.15, 0.2) is 90.3 Å². The van der Waals surface area contributed by atoms with E-state index < -0.39 is 11.9 Å². The molecule has 0 radical (unpaired) electrons. The van der Waals surface area contributed by atoms with E-state index >= 15 is 0 Å². The second-order valence-electron chi connectivity index (χ2n) is 8.79. The fourth-order valence-corrected chi connectivity index (χ4v) is 3.66. The highest BCUT2D eigenvalue weighted by molar-refractivity contribution is 6.00. The number of carbonyl (C=O) groups is 1. The molecule has 8 heteroatoms. The molecular weight excluding hydrogens is 473 g/mol. The normalized spacial score (nSPS) is 12.2. The predicted molar refractivity (Wildman–Crippen MR) is 138 cm³/mol. The van der Waals surface area contributed by atoms with E-state index in [-0.39, 0.29) is 18.8 Å². The van der Waals surface area contributed by atoms with E-state index in [1.807, 2.05) is 61.7 Å². The van der Waals surface area contributed by atoms with E-state index in [9.17, 15) is 14.3 Å². The lowest BCUT2D eigenvalue weighted by Crippen LogP contribution is -2.24. The van der Waals surface area contributed by atoms with Crippen molar-refractivity contribution in [2.45, 2.75) is 33.5 Å². The highest BCUT2D eigenvalue weighted by atomic mass is 19.1.